The number of ether oxygens (including phenoxy) is 1. The number of hydrogen-bond donors (Lipinski definition) is 1. The molecule has 1 saturated carbocycles. The number of rotatable bonds is 3. The van der Waals surface area contributed by atoms with Gasteiger partial charge in [0.1, 0.15) is 12.3 Å². The standard InChI is InChI=1S/C14H16N2O3/c1-9-14(18)16(8-13(17)15-10-6-7-10)11-4-2-3-5-12(11)19-9/h2-5,9-10H,6-8H2,1H3,(H,15,17)/t9-/m1/s1. The van der Waals surface area contributed by atoms with E-state index in [1.165, 1.54) is 4.90 Å². The van der Waals surface area contributed by atoms with E-state index in [1.807, 2.05) is 18.2 Å². The van der Waals surface area contributed by atoms with Gasteiger partial charge in [-0.1, -0.05) is 12.1 Å². The number of amides is 2. The van der Waals surface area contributed by atoms with Gasteiger partial charge in [-0.2, -0.15) is 0 Å². The molecule has 0 spiro atoms. The van der Waals surface area contributed by atoms with Gasteiger partial charge in [0, 0.05) is 6.04 Å². The van der Waals surface area contributed by atoms with Gasteiger partial charge in [-0.05, 0) is 31.9 Å². The second-order valence-electron chi connectivity index (χ2n) is 4.99. The van der Waals surface area contributed by atoms with Crippen LogP contribution in [0.5, 0.6) is 5.75 Å². The highest BCUT2D eigenvalue weighted by Crippen LogP contribution is 2.33. The number of hydrogen-bond acceptors (Lipinski definition) is 3. The van der Waals surface area contributed by atoms with E-state index < -0.39 is 6.10 Å². The molecule has 0 saturated heterocycles. The second-order valence-corrected chi connectivity index (χ2v) is 4.99. The molecule has 1 aromatic rings. The number of benzene rings is 1. The number of carbonyl (C=O) groups is 2. The summed E-state index contributed by atoms with van der Waals surface area (Å²) in [5.74, 6) is 0.359. The maximum atomic E-state index is 12.1. The molecular weight excluding hydrogens is 244 g/mol. The molecular formula is C14H16N2O3. The molecule has 1 N–H and O–H groups in total. The van der Waals surface area contributed by atoms with E-state index >= 15 is 0 Å². The monoisotopic (exact) mass is 260 g/mol. The van der Waals surface area contributed by atoms with Crippen molar-refractivity contribution in [2.24, 2.45) is 0 Å². The predicted molar refractivity (Wildman–Crippen MR) is 70.0 cm³/mol. The Hall–Kier alpha value is -2.04. The molecule has 3 rings (SSSR count). The molecule has 0 aromatic heterocycles. The molecule has 0 bridgehead atoms. The normalized spacial score (nSPS) is 21.6. The first kappa shape index (κ1) is 12.0. The fourth-order valence-electron chi connectivity index (χ4n) is 2.17. The Kier molecular flexibility index (Phi) is 2.89. The van der Waals surface area contributed by atoms with E-state index in [9.17, 15) is 9.59 Å². The average Bonchev–Trinajstić information content (AvgIpc) is 3.19. The molecule has 1 heterocycles. The minimum absolute atomic E-state index is 0.0556. The quantitative estimate of drug-likeness (QED) is 0.884. The number of carbonyl (C=O) groups excluding carboxylic acids is 2. The van der Waals surface area contributed by atoms with E-state index in [0.717, 1.165) is 12.8 Å². The maximum absolute atomic E-state index is 12.1. The lowest BCUT2D eigenvalue weighted by Crippen LogP contribution is -2.49. The van der Waals surface area contributed by atoms with E-state index in [0.29, 0.717) is 17.5 Å². The summed E-state index contributed by atoms with van der Waals surface area (Å²) < 4.78 is 5.53. The van der Waals surface area contributed by atoms with Crippen LogP contribution in [0.3, 0.4) is 0 Å². The number of fused-ring (bicyclic) bond motifs is 1. The SMILES string of the molecule is C[C@H]1Oc2ccccc2N(CC(=O)NC2CC2)C1=O. The minimum atomic E-state index is -0.552. The highest BCUT2D eigenvalue weighted by atomic mass is 16.5. The molecule has 1 aromatic carbocycles. The summed E-state index contributed by atoms with van der Waals surface area (Å²) in [4.78, 5) is 25.5. The molecule has 1 fully saturated rings. The summed E-state index contributed by atoms with van der Waals surface area (Å²) in [7, 11) is 0. The zero-order valence-electron chi connectivity index (χ0n) is 10.8. The van der Waals surface area contributed by atoms with Crippen LogP contribution in [-0.4, -0.2) is 30.5 Å². The Bertz CT molecular complexity index is 525. The third-order valence-electron chi connectivity index (χ3n) is 3.32. The van der Waals surface area contributed by atoms with Gasteiger partial charge in [-0.25, -0.2) is 0 Å². The minimum Gasteiger partial charge on any atom is -0.479 e. The average molecular weight is 260 g/mol. The number of nitrogens with zero attached hydrogens (tertiary/aromatic N) is 1. The largest absolute Gasteiger partial charge is 0.479 e. The van der Waals surface area contributed by atoms with Crippen molar-refractivity contribution in [2.75, 3.05) is 11.4 Å². The molecule has 5 nitrogen and oxygen atoms in total. The molecule has 0 radical (unpaired) electrons. The maximum Gasteiger partial charge on any atom is 0.268 e. The molecule has 5 heteroatoms. The summed E-state index contributed by atoms with van der Waals surface area (Å²) in [6.07, 6.45) is 1.52. The van der Waals surface area contributed by atoms with Crippen LogP contribution in [0, 0.1) is 0 Å². The number of anilines is 1. The van der Waals surface area contributed by atoms with Crippen LogP contribution in [-0.2, 0) is 9.59 Å². The smallest absolute Gasteiger partial charge is 0.268 e. The summed E-state index contributed by atoms with van der Waals surface area (Å²) in [6, 6.07) is 7.59. The second kappa shape index (κ2) is 4.57. The first-order valence-corrected chi connectivity index (χ1v) is 6.51. The van der Waals surface area contributed by atoms with Gasteiger partial charge in [0.05, 0.1) is 5.69 Å². The van der Waals surface area contributed by atoms with Crippen molar-refractivity contribution in [3.05, 3.63) is 24.3 Å². The fraction of sp³-hybridized carbons (Fsp3) is 0.429. The highest BCUT2D eigenvalue weighted by molar-refractivity contribution is 6.03. The van der Waals surface area contributed by atoms with Crippen molar-refractivity contribution in [3.63, 3.8) is 0 Å². The van der Waals surface area contributed by atoms with Crippen molar-refractivity contribution in [2.45, 2.75) is 31.9 Å². The first-order valence-electron chi connectivity index (χ1n) is 6.51. The first-order chi connectivity index (χ1) is 9.15. The Morgan fingerprint density at radius 2 is 2.16 bits per heavy atom. The van der Waals surface area contributed by atoms with E-state index in [2.05, 4.69) is 5.32 Å². The topological polar surface area (TPSA) is 58.6 Å². The highest BCUT2D eigenvalue weighted by Gasteiger charge is 2.33. The lowest BCUT2D eigenvalue weighted by Gasteiger charge is -2.32. The fourth-order valence-corrected chi connectivity index (χ4v) is 2.17. The Balaban J connectivity index is 1.81. The third kappa shape index (κ3) is 2.41. The van der Waals surface area contributed by atoms with Gasteiger partial charge in [-0.3, -0.25) is 14.5 Å². The molecule has 2 amide bonds. The van der Waals surface area contributed by atoms with Crippen LogP contribution >= 0.6 is 0 Å². The summed E-state index contributed by atoms with van der Waals surface area (Å²) in [6.45, 7) is 1.75. The molecule has 19 heavy (non-hydrogen) atoms. The van der Waals surface area contributed by atoms with Crippen LogP contribution in [0.4, 0.5) is 5.69 Å². The number of nitrogens with one attached hydrogen (secondary N) is 1. The third-order valence-corrected chi connectivity index (χ3v) is 3.32. The van der Waals surface area contributed by atoms with Gasteiger partial charge >= 0.3 is 0 Å². The zero-order chi connectivity index (χ0) is 13.4. The van der Waals surface area contributed by atoms with Crippen LogP contribution in [0.2, 0.25) is 0 Å². The van der Waals surface area contributed by atoms with E-state index in [-0.39, 0.29) is 18.4 Å². The van der Waals surface area contributed by atoms with Gasteiger partial charge < -0.3 is 10.1 Å². The Morgan fingerprint density at radius 3 is 2.89 bits per heavy atom. The predicted octanol–water partition coefficient (Wildman–Crippen LogP) is 1.08. The summed E-state index contributed by atoms with van der Waals surface area (Å²) in [5, 5.41) is 2.89. The molecule has 2 aliphatic rings. The van der Waals surface area contributed by atoms with E-state index in [4.69, 9.17) is 4.74 Å². The van der Waals surface area contributed by atoms with Crippen molar-refractivity contribution >= 4 is 17.5 Å². The van der Waals surface area contributed by atoms with Crippen molar-refractivity contribution in [1.82, 2.24) is 5.32 Å². The Labute approximate surface area is 111 Å². The number of para-hydroxylation sites is 2. The lowest BCUT2D eigenvalue weighted by atomic mass is 10.2. The van der Waals surface area contributed by atoms with Gasteiger partial charge in [-0.15, -0.1) is 0 Å². The van der Waals surface area contributed by atoms with Crippen molar-refractivity contribution < 1.29 is 14.3 Å². The van der Waals surface area contributed by atoms with Crippen molar-refractivity contribution in [1.29, 1.82) is 0 Å². The molecule has 0 unspecified atom stereocenters. The Morgan fingerprint density at radius 1 is 1.42 bits per heavy atom. The van der Waals surface area contributed by atoms with Gasteiger partial charge in [0.25, 0.3) is 5.91 Å². The van der Waals surface area contributed by atoms with Crippen LogP contribution in [0.1, 0.15) is 19.8 Å². The molecule has 1 aliphatic carbocycles. The van der Waals surface area contributed by atoms with Crippen LogP contribution in [0.25, 0.3) is 0 Å². The van der Waals surface area contributed by atoms with Gasteiger partial charge in [0.2, 0.25) is 5.91 Å². The van der Waals surface area contributed by atoms with E-state index in [1.54, 1.807) is 13.0 Å². The summed E-state index contributed by atoms with van der Waals surface area (Å²) >= 11 is 0. The summed E-state index contributed by atoms with van der Waals surface area (Å²) in [5.41, 5.74) is 0.663. The molecule has 100 valence electrons. The van der Waals surface area contributed by atoms with Gasteiger partial charge in [0.15, 0.2) is 6.10 Å². The molecule has 1 atom stereocenters. The zero-order valence-corrected chi connectivity index (χ0v) is 10.8. The van der Waals surface area contributed by atoms with Crippen molar-refractivity contribution in [3.8, 4) is 5.75 Å². The van der Waals surface area contributed by atoms with Crippen LogP contribution in [0.15, 0.2) is 24.3 Å². The molecule has 1 aliphatic heterocycles. The van der Waals surface area contributed by atoms with Crippen LogP contribution < -0.4 is 15.0 Å². The lowest BCUT2D eigenvalue weighted by molar-refractivity contribution is -0.128.